The van der Waals surface area contributed by atoms with Crippen molar-refractivity contribution in [3.8, 4) is 5.69 Å². The normalized spacial score (nSPS) is 10.1. The fourth-order valence-electron chi connectivity index (χ4n) is 2.60. The number of aromatic nitrogens is 2. The first-order chi connectivity index (χ1) is 11.6. The number of hydrogen-bond acceptors (Lipinski definition) is 2. The third-order valence-corrected chi connectivity index (χ3v) is 3.80. The van der Waals surface area contributed by atoms with Crippen LogP contribution in [0.5, 0.6) is 0 Å². The van der Waals surface area contributed by atoms with Crippen molar-refractivity contribution < 1.29 is 31.1 Å². The zero-order valence-electron chi connectivity index (χ0n) is 13.9. The lowest BCUT2D eigenvalue weighted by Gasteiger charge is -2.00. The molecule has 0 bridgehead atoms. The summed E-state index contributed by atoms with van der Waals surface area (Å²) in [6, 6.07) is 17.1. The number of Topliss-reactive ketones (excluding diaryl/α,β-unsaturated/α-hetero) is 2. The highest BCUT2D eigenvalue weighted by molar-refractivity contribution is 5.94. The topological polar surface area (TPSA) is 43.0 Å². The van der Waals surface area contributed by atoms with Crippen LogP contribution >= 0.6 is 0 Å². The molecule has 0 radical (unpaired) electrons. The van der Waals surface area contributed by atoms with E-state index < -0.39 is 0 Å². The number of halogens is 1. The Hall–Kier alpha value is -2.53. The number of ketones is 2. The molecule has 128 valence electrons. The lowest BCUT2D eigenvalue weighted by molar-refractivity contribution is -0.682. The van der Waals surface area contributed by atoms with Gasteiger partial charge in [-0.2, -0.15) is 0 Å². The summed E-state index contributed by atoms with van der Waals surface area (Å²) in [6.07, 6.45) is 6.14. The molecule has 1 aromatic heterocycles. The number of benzene rings is 2. The Labute approximate surface area is 157 Å². The van der Waals surface area contributed by atoms with Crippen LogP contribution in [0.4, 0.5) is 0 Å². The number of carbonyl (C=O) groups is 2. The second-order valence-electron chi connectivity index (χ2n) is 5.83. The molecule has 4 nitrogen and oxygen atoms in total. The molecule has 0 saturated heterocycles. The average molecular weight is 399 g/mol. The minimum atomic E-state index is 0. The molecule has 3 rings (SSSR count). The molecule has 2 aromatic carbocycles. The van der Waals surface area contributed by atoms with Gasteiger partial charge in [-0.3, -0.25) is 9.59 Å². The number of imidazole rings is 1. The van der Waals surface area contributed by atoms with Crippen LogP contribution in [-0.4, -0.2) is 16.1 Å². The highest BCUT2D eigenvalue weighted by atomic mass is 79.9. The molecular weight excluding hydrogens is 380 g/mol. The van der Waals surface area contributed by atoms with Crippen molar-refractivity contribution >= 4 is 11.6 Å². The average Bonchev–Trinajstić information content (AvgIpc) is 3.04. The third kappa shape index (κ3) is 4.97. The molecule has 5 heteroatoms. The van der Waals surface area contributed by atoms with Crippen molar-refractivity contribution in [3.05, 3.63) is 84.4 Å². The van der Waals surface area contributed by atoms with Crippen LogP contribution in [0.2, 0.25) is 0 Å². The van der Waals surface area contributed by atoms with E-state index in [0.29, 0.717) is 18.5 Å². The van der Waals surface area contributed by atoms with E-state index in [2.05, 4.69) is 0 Å². The largest absolute Gasteiger partial charge is 1.00 e. The van der Waals surface area contributed by atoms with Gasteiger partial charge in [-0.25, -0.2) is 9.13 Å². The molecule has 25 heavy (non-hydrogen) atoms. The van der Waals surface area contributed by atoms with Crippen molar-refractivity contribution in [3.63, 3.8) is 0 Å². The summed E-state index contributed by atoms with van der Waals surface area (Å²) in [5, 5.41) is 0. The zero-order chi connectivity index (χ0) is 16.9. The molecular formula is C20H19BrN2O2. The number of carbonyl (C=O) groups excluding carboxylic acids is 2. The second-order valence-corrected chi connectivity index (χ2v) is 5.83. The molecule has 0 amide bonds. The third-order valence-electron chi connectivity index (χ3n) is 3.80. The quantitative estimate of drug-likeness (QED) is 0.425. The monoisotopic (exact) mass is 398 g/mol. The summed E-state index contributed by atoms with van der Waals surface area (Å²) >= 11 is 0. The fraction of sp³-hybridized carbons (Fsp3) is 0.150. The number of rotatable bonds is 6. The fourth-order valence-corrected chi connectivity index (χ4v) is 2.60. The SMILES string of the molecule is CC(=O)Cc1ccc(-n2cc[n+](CC(=O)c3ccccc3)c2)cc1.[Br-]. The zero-order valence-corrected chi connectivity index (χ0v) is 15.5. The summed E-state index contributed by atoms with van der Waals surface area (Å²) in [4.78, 5) is 23.4. The predicted octanol–water partition coefficient (Wildman–Crippen LogP) is -0.217. The van der Waals surface area contributed by atoms with Gasteiger partial charge in [0.1, 0.15) is 23.9 Å². The Morgan fingerprint density at radius 1 is 1.00 bits per heavy atom. The van der Waals surface area contributed by atoms with Crippen LogP contribution in [-0.2, 0) is 17.8 Å². The van der Waals surface area contributed by atoms with Crippen molar-refractivity contribution in [2.24, 2.45) is 0 Å². The predicted molar refractivity (Wildman–Crippen MR) is 91.1 cm³/mol. The van der Waals surface area contributed by atoms with Gasteiger partial charge in [0.2, 0.25) is 12.1 Å². The summed E-state index contributed by atoms with van der Waals surface area (Å²) in [7, 11) is 0. The van der Waals surface area contributed by atoms with Gasteiger partial charge in [0, 0.05) is 12.0 Å². The Balaban J connectivity index is 0.00000225. The highest BCUT2D eigenvalue weighted by Crippen LogP contribution is 2.10. The van der Waals surface area contributed by atoms with E-state index in [-0.39, 0.29) is 28.5 Å². The van der Waals surface area contributed by atoms with Crippen molar-refractivity contribution in [1.29, 1.82) is 0 Å². The summed E-state index contributed by atoms with van der Waals surface area (Å²) in [5.41, 5.74) is 2.71. The molecule has 3 aromatic rings. The molecule has 0 aliphatic carbocycles. The molecule has 0 fully saturated rings. The second kappa shape index (κ2) is 8.53. The van der Waals surface area contributed by atoms with E-state index in [1.807, 2.05) is 82.5 Å². The van der Waals surface area contributed by atoms with Crippen molar-refractivity contribution in [2.45, 2.75) is 19.9 Å². The molecule has 0 aliphatic rings. The summed E-state index contributed by atoms with van der Waals surface area (Å²) in [6.45, 7) is 1.89. The van der Waals surface area contributed by atoms with Crippen molar-refractivity contribution in [1.82, 2.24) is 4.57 Å². The number of hydrogen-bond donors (Lipinski definition) is 0. The van der Waals surface area contributed by atoms with Gasteiger partial charge in [-0.1, -0.05) is 42.5 Å². The van der Waals surface area contributed by atoms with Gasteiger partial charge in [0.15, 0.2) is 6.54 Å². The summed E-state index contributed by atoms with van der Waals surface area (Å²) in [5.74, 6) is 0.233. The van der Waals surface area contributed by atoms with E-state index in [9.17, 15) is 9.59 Å². The lowest BCUT2D eigenvalue weighted by atomic mass is 10.1. The van der Waals surface area contributed by atoms with Gasteiger partial charge >= 0.3 is 0 Å². The minimum Gasteiger partial charge on any atom is -1.00 e. The van der Waals surface area contributed by atoms with Crippen LogP contribution < -0.4 is 21.5 Å². The highest BCUT2D eigenvalue weighted by Gasteiger charge is 2.12. The van der Waals surface area contributed by atoms with Crippen molar-refractivity contribution in [2.75, 3.05) is 0 Å². The van der Waals surface area contributed by atoms with Crippen LogP contribution in [0, 0.1) is 0 Å². The molecule has 0 saturated carbocycles. The van der Waals surface area contributed by atoms with E-state index in [0.717, 1.165) is 11.3 Å². The molecule has 0 unspecified atom stereocenters. The van der Waals surface area contributed by atoms with Gasteiger partial charge in [-0.05, 0) is 24.6 Å². The molecule has 0 atom stereocenters. The lowest BCUT2D eigenvalue weighted by Crippen LogP contribution is -3.00. The van der Waals surface area contributed by atoms with E-state index in [1.165, 1.54) is 0 Å². The number of nitrogens with zero attached hydrogens (tertiary/aromatic N) is 2. The first kappa shape index (κ1) is 18.8. The minimum absolute atomic E-state index is 0. The summed E-state index contributed by atoms with van der Waals surface area (Å²) < 4.78 is 3.81. The Bertz CT molecular complexity index is 855. The van der Waals surface area contributed by atoms with Crippen LogP contribution in [0.25, 0.3) is 5.69 Å². The van der Waals surface area contributed by atoms with Gasteiger partial charge in [-0.15, -0.1) is 0 Å². The first-order valence-electron chi connectivity index (χ1n) is 7.86. The van der Waals surface area contributed by atoms with E-state index in [4.69, 9.17) is 0 Å². The van der Waals surface area contributed by atoms with Gasteiger partial charge in [0.05, 0.1) is 0 Å². The molecule has 0 spiro atoms. The van der Waals surface area contributed by atoms with Gasteiger partial charge in [0.25, 0.3) is 0 Å². The van der Waals surface area contributed by atoms with E-state index in [1.54, 1.807) is 6.92 Å². The maximum Gasteiger partial charge on any atom is 0.249 e. The van der Waals surface area contributed by atoms with E-state index >= 15 is 0 Å². The molecule has 0 N–H and O–H groups in total. The van der Waals surface area contributed by atoms with Crippen LogP contribution in [0.3, 0.4) is 0 Å². The molecule has 1 heterocycles. The Morgan fingerprint density at radius 3 is 2.32 bits per heavy atom. The Kier molecular flexibility index (Phi) is 6.42. The van der Waals surface area contributed by atoms with Crippen LogP contribution in [0.15, 0.2) is 73.3 Å². The van der Waals surface area contributed by atoms with Gasteiger partial charge < -0.3 is 17.0 Å². The maximum absolute atomic E-state index is 12.2. The smallest absolute Gasteiger partial charge is 0.249 e. The standard InChI is InChI=1S/C20H19N2O2.BrH/c1-16(23)13-17-7-9-19(10-8-17)22-12-11-21(15-22)14-20(24)18-5-3-2-4-6-18;/h2-12,15H,13-14H2,1H3;1H/q+1;/p-1. The first-order valence-corrected chi connectivity index (χ1v) is 7.86. The molecule has 0 aliphatic heterocycles. The van der Waals surface area contributed by atoms with Crippen LogP contribution in [0.1, 0.15) is 22.8 Å². The maximum atomic E-state index is 12.2. The Morgan fingerprint density at radius 2 is 1.68 bits per heavy atom.